The lowest BCUT2D eigenvalue weighted by Crippen LogP contribution is -2.36. The van der Waals surface area contributed by atoms with Gasteiger partial charge in [-0.05, 0) is 30.5 Å². The quantitative estimate of drug-likeness (QED) is 0.493. The Morgan fingerprint density at radius 1 is 1.12 bits per heavy atom. The molecule has 0 aliphatic carbocycles. The molecule has 1 aliphatic rings. The minimum absolute atomic E-state index is 0.0870. The van der Waals surface area contributed by atoms with E-state index in [1.54, 1.807) is 16.7 Å². The second kappa shape index (κ2) is 8.85. The number of imidazole rings is 1. The van der Waals surface area contributed by atoms with Crippen LogP contribution in [-0.4, -0.2) is 36.3 Å². The van der Waals surface area contributed by atoms with E-state index < -0.39 is 0 Å². The molecule has 3 heterocycles. The highest BCUT2D eigenvalue weighted by atomic mass is 19.1. The SMILES string of the molecule is O=C(NC1CCc2nn(Cc3ccc(F)cc3)c(=O)n2CC1)c1[nH]cnc1-c1ccccc1. The Morgan fingerprint density at radius 2 is 1.91 bits per heavy atom. The van der Waals surface area contributed by atoms with Crippen molar-refractivity contribution in [1.82, 2.24) is 29.6 Å². The lowest BCUT2D eigenvalue weighted by molar-refractivity contribution is 0.0929. The fourth-order valence-corrected chi connectivity index (χ4v) is 4.18. The van der Waals surface area contributed by atoms with E-state index >= 15 is 0 Å². The van der Waals surface area contributed by atoms with Crippen molar-refractivity contribution in [2.45, 2.75) is 38.4 Å². The van der Waals surface area contributed by atoms with Crippen molar-refractivity contribution < 1.29 is 9.18 Å². The Hall–Kier alpha value is -4.01. The summed E-state index contributed by atoms with van der Waals surface area (Å²) < 4.78 is 16.2. The summed E-state index contributed by atoms with van der Waals surface area (Å²) in [7, 11) is 0. The fourth-order valence-electron chi connectivity index (χ4n) is 4.18. The predicted octanol–water partition coefficient (Wildman–Crippen LogP) is 2.76. The van der Waals surface area contributed by atoms with E-state index in [-0.39, 0.29) is 23.5 Å². The summed E-state index contributed by atoms with van der Waals surface area (Å²) in [6.45, 7) is 0.762. The number of fused-ring (bicyclic) bond motifs is 1. The molecule has 2 aromatic heterocycles. The first-order valence-electron chi connectivity index (χ1n) is 10.9. The molecule has 0 radical (unpaired) electrons. The van der Waals surface area contributed by atoms with Crippen molar-refractivity contribution in [3.8, 4) is 11.3 Å². The Labute approximate surface area is 189 Å². The van der Waals surface area contributed by atoms with E-state index in [0.29, 0.717) is 49.6 Å². The van der Waals surface area contributed by atoms with Crippen LogP contribution in [0.5, 0.6) is 0 Å². The number of nitrogens with one attached hydrogen (secondary N) is 2. The summed E-state index contributed by atoms with van der Waals surface area (Å²) in [6, 6.07) is 15.5. The zero-order valence-electron chi connectivity index (χ0n) is 17.9. The molecule has 2 aromatic carbocycles. The lowest BCUT2D eigenvalue weighted by atomic mass is 10.1. The number of amides is 1. The lowest BCUT2D eigenvalue weighted by Gasteiger charge is -2.16. The Morgan fingerprint density at radius 3 is 2.70 bits per heavy atom. The number of hydrogen-bond acceptors (Lipinski definition) is 4. The summed E-state index contributed by atoms with van der Waals surface area (Å²) in [5.41, 5.74) is 2.52. The van der Waals surface area contributed by atoms with Crippen LogP contribution in [0.15, 0.2) is 65.7 Å². The van der Waals surface area contributed by atoms with Crippen LogP contribution in [0.4, 0.5) is 4.39 Å². The van der Waals surface area contributed by atoms with E-state index in [1.807, 2.05) is 30.3 Å². The van der Waals surface area contributed by atoms with Gasteiger partial charge in [-0.2, -0.15) is 5.10 Å². The Bertz CT molecular complexity index is 1320. The number of carbonyl (C=O) groups is 1. The summed E-state index contributed by atoms with van der Waals surface area (Å²) in [6.07, 6.45) is 3.39. The zero-order chi connectivity index (χ0) is 22.8. The van der Waals surface area contributed by atoms with Crippen LogP contribution in [0.3, 0.4) is 0 Å². The minimum Gasteiger partial charge on any atom is -0.348 e. The molecular formula is C24H23FN6O2. The molecule has 2 N–H and O–H groups in total. The average molecular weight is 446 g/mol. The van der Waals surface area contributed by atoms with Gasteiger partial charge >= 0.3 is 5.69 Å². The van der Waals surface area contributed by atoms with Gasteiger partial charge in [0.2, 0.25) is 0 Å². The van der Waals surface area contributed by atoms with Gasteiger partial charge in [-0.25, -0.2) is 18.9 Å². The third-order valence-electron chi connectivity index (χ3n) is 5.91. The summed E-state index contributed by atoms with van der Waals surface area (Å²) in [4.78, 5) is 33.0. The van der Waals surface area contributed by atoms with Gasteiger partial charge in [0.25, 0.3) is 5.91 Å². The summed E-state index contributed by atoms with van der Waals surface area (Å²) in [5, 5.41) is 7.57. The molecule has 0 saturated heterocycles. The van der Waals surface area contributed by atoms with Crippen LogP contribution >= 0.6 is 0 Å². The number of carbonyl (C=O) groups excluding carboxylic acids is 1. The molecule has 1 unspecified atom stereocenters. The normalized spacial score (nSPS) is 15.6. The van der Waals surface area contributed by atoms with E-state index in [2.05, 4.69) is 20.4 Å². The van der Waals surface area contributed by atoms with Gasteiger partial charge in [-0.3, -0.25) is 9.36 Å². The minimum atomic E-state index is -0.314. The molecule has 1 atom stereocenters. The van der Waals surface area contributed by atoms with Gasteiger partial charge < -0.3 is 10.3 Å². The Kier molecular flexibility index (Phi) is 5.60. The number of aryl methyl sites for hydroxylation is 1. The third-order valence-corrected chi connectivity index (χ3v) is 5.91. The first-order valence-corrected chi connectivity index (χ1v) is 10.9. The molecule has 0 spiro atoms. The van der Waals surface area contributed by atoms with Gasteiger partial charge in [-0.1, -0.05) is 42.5 Å². The number of benzene rings is 2. The van der Waals surface area contributed by atoms with Crippen molar-refractivity contribution in [2.24, 2.45) is 0 Å². The number of rotatable bonds is 5. The van der Waals surface area contributed by atoms with Gasteiger partial charge in [0.1, 0.15) is 23.0 Å². The first kappa shape index (κ1) is 20.9. The smallest absolute Gasteiger partial charge is 0.346 e. The van der Waals surface area contributed by atoms with E-state index in [9.17, 15) is 14.0 Å². The number of aromatic nitrogens is 5. The molecule has 1 amide bonds. The molecule has 0 fully saturated rings. The average Bonchev–Trinajstić information content (AvgIpc) is 3.37. The summed E-state index contributed by atoms with van der Waals surface area (Å²) >= 11 is 0. The molecule has 4 aromatic rings. The largest absolute Gasteiger partial charge is 0.348 e. The molecule has 1 aliphatic heterocycles. The molecule has 168 valence electrons. The van der Waals surface area contributed by atoms with E-state index in [4.69, 9.17) is 0 Å². The molecule has 9 heteroatoms. The highest BCUT2D eigenvalue weighted by Gasteiger charge is 2.24. The van der Waals surface area contributed by atoms with Crippen molar-refractivity contribution >= 4 is 5.91 Å². The zero-order valence-corrected chi connectivity index (χ0v) is 17.9. The molecule has 0 saturated carbocycles. The molecule has 5 rings (SSSR count). The van der Waals surface area contributed by atoms with Crippen LogP contribution in [-0.2, 0) is 19.5 Å². The number of H-pyrrole nitrogens is 1. The second-order valence-electron chi connectivity index (χ2n) is 8.12. The van der Waals surface area contributed by atoms with Crippen molar-refractivity contribution in [3.63, 3.8) is 0 Å². The standard InChI is InChI=1S/C24H23FN6O2/c25-18-8-6-16(7-9-18)14-31-24(33)30-13-12-19(10-11-20(30)29-31)28-23(32)22-21(26-15-27-22)17-4-2-1-3-5-17/h1-9,15,19H,10-14H2,(H,26,27)(H,28,32). The van der Waals surface area contributed by atoms with Gasteiger partial charge in [0.15, 0.2) is 0 Å². The maximum atomic E-state index is 13.1. The van der Waals surface area contributed by atoms with Gasteiger partial charge in [0, 0.05) is 24.6 Å². The first-order chi connectivity index (χ1) is 16.1. The third kappa shape index (κ3) is 4.34. The number of halogens is 1. The topological polar surface area (TPSA) is 97.6 Å². The molecule has 33 heavy (non-hydrogen) atoms. The van der Waals surface area contributed by atoms with Gasteiger partial charge in [0.05, 0.1) is 12.9 Å². The van der Waals surface area contributed by atoms with Crippen LogP contribution < -0.4 is 11.0 Å². The number of hydrogen-bond donors (Lipinski definition) is 2. The molecule has 0 bridgehead atoms. The summed E-state index contributed by atoms with van der Waals surface area (Å²) in [5.74, 6) is 0.167. The van der Waals surface area contributed by atoms with Crippen LogP contribution in [0.25, 0.3) is 11.3 Å². The van der Waals surface area contributed by atoms with Crippen molar-refractivity contribution in [1.29, 1.82) is 0 Å². The highest BCUT2D eigenvalue weighted by Crippen LogP contribution is 2.20. The second-order valence-corrected chi connectivity index (χ2v) is 8.12. The van der Waals surface area contributed by atoms with Gasteiger partial charge in [-0.15, -0.1) is 0 Å². The molecular weight excluding hydrogens is 423 g/mol. The monoisotopic (exact) mass is 446 g/mol. The fraction of sp³-hybridized carbons (Fsp3) is 0.250. The van der Waals surface area contributed by atoms with E-state index in [1.165, 1.54) is 23.1 Å². The van der Waals surface area contributed by atoms with E-state index in [0.717, 1.165) is 11.1 Å². The molecule has 8 nitrogen and oxygen atoms in total. The van der Waals surface area contributed by atoms with Crippen molar-refractivity contribution in [3.05, 3.63) is 94.3 Å². The van der Waals surface area contributed by atoms with Crippen LogP contribution in [0.1, 0.15) is 34.7 Å². The number of nitrogens with zero attached hydrogens (tertiary/aromatic N) is 4. The van der Waals surface area contributed by atoms with Crippen LogP contribution in [0.2, 0.25) is 0 Å². The maximum absolute atomic E-state index is 13.1. The highest BCUT2D eigenvalue weighted by molar-refractivity contribution is 5.98. The van der Waals surface area contributed by atoms with Crippen LogP contribution in [0, 0.1) is 5.82 Å². The maximum Gasteiger partial charge on any atom is 0.346 e. The van der Waals surface area contributed by atoms with Crippen molar-refractivity contribution in [2.75, 3.05) is 0 Å². The Balaban J connectivity index is 1.26. The predicted molar refractivity (Wildman–Crippen MR) is 120 cm³/mol. The number of aromatic amines is 1.